The number of nitriles is 1. The third-order valence-corrected chi connectivity index (χ3v) is 5.72. The molecule has 1 atom stereocenters. The van der Waals surface area contributed by atoms with E-state index in [4.69, 9.17) is 0 Å². The highest BCUT2D eigenvalue weighted by Gasteiger charge is 2.53. The molecule has 6 heteroatoms. The number of anilines is 1. The molecular weight excluding hydrogens is 322 g/mol. The summed E-state index contributed by atoms with van der Waals surface area (Å²) in [6, 6.07) is 9.51. The van der Waals surface area contributed by atoms with Gasteiger partial charge in [0, 0.05) is 23.5 Å². The molecule has 1 aromatic carbocycles. The molecule has 4 rings (SSSR count). The number of nitrogens with zero attached hydrogens (tertiary/aromatic N) is 3. The summed E-state index contributed by atoms with van der Waals surface area (Å²) in [5, 5.41) is 20.2. The highest BCUT2D eigenvalue weighted by molar-refractivity contribution is 7.14. The lowest BCUT2D eigenvalue weighted by molar-refractivity contribution is 0.0607. The zero-order valence-electron chi connectivity index (χ0n) is 13.3. The second-order valence-electron chi connectivity index (χ2n) is 6.16. The van der Waals surface area contributed by atoms with E-state index in [1.807, 2.05) is 36.9 Å². The van der Waals surface area contributed by atoms with E-state index in [1.165, 1.54) is 11.3 Å². The minimum absolute atomic E-state index is 0.266. The van der Waals surface area contributed by atoms with Gasteiger partial charge in [0.15, 0.2) is 5.60 Å². The zero-order chi connectivity index (χ0) is 17.1. The molecule has 0 bridgehead atoms. The van der Waals surface area contributed by atoms with Crippen molar-refractivity contribution in [2.45, 2.75) is 25.9 Å². The Balaban J connectivity index is 1.89. The predicted molar refractivity (Wildman–Crippen MR) is 93.3 cm³/mol. The van der Waals surface area contributed by atoms with Crippen molar-refractivity contribution in [2.24, 2.45) is 4.99 Å². The molecule has 2 aromatic rings. The molecule has 1 saturated heterocycles. The Labute approximate surface area is 143 Å². The molecule has 0 unspecified atom stereocenters. The quantitative estimate of drug-likeness (QED) is 0.867. The first-order valence-electron chi connectivity index (χ1n) is 7.70. The molecule has 0 amide bonds. The van der Waals surface area contributed by atoms with Gasteiger partial charge in [0.05, 0.1) is 22.2 Å². The molecule has 0 spiro atoms. The van der Waals surface area contributed by atoms with Crippen LogP contribution in [0.15, 0.2) is 29.3 Å². The summed E-state index contributed by atoms with van der Waals surface area (Å²) in [6.07, 6.45) is 0.303. The van der Waals surface area contributed by atoms with Crippen molar-refractivity contribution in [3.05, 3.63) is 45.1 Å². The topological polar surface area (TPSA) is 76.7 Å². The lowest BCUT2D eigenvalue weighted by Crippen LogP contribution is -2.48. The summed E-state index contributed by atoms with van der Waals surface area (Å²) in [6.45, 7) is 4.29. The minimum atomic E-state index is -1.57. The number of aryl methyl sites for hydroxylation is 1. The van der Waals surface area contributed by atoms with Crippen LogP contribution in [0.5, 0.6) is 0 Å². The van der Waals surface area contributed by atoms with Crippen LogP contribution >= 0.6 is 11.3 Å². The summed E-state index contributed by atoms with van der Waals surface area (Å²) in [5.74, 6) is 0.105. The summed E-state index contributed by atoms with van der Waals surface area (Å²) >= 11 is 1.37. The van der Waals surface area contributed by atoms with Gasteiger partial charge in [0.2, 0.25) is 5.78 Å². The fourth-order valence-electron chi connectivity index (χ4n) is 3.40. The van der Waals surface area contributed by atoms with Gasteiger partial charge >= 0.3 is 0 Å². The molecule has 3 heterocycles. The van der Waals surface area contributed by atoms with E-state index < -0.39 is 5.60 Å². The van der Waals surface area contributed by atoms with Crippen molar-refractivity contribution in [1.29, 1.82) is 5.26 Å². The number of carbonyl (C=O) groups excluding carboxylic acids is 1. The van der Waals surface area contributed by atoms with Crippen LogP contribution in [0.1, 0.15) is 32.1 Å². The Morgan fingerprint density at radius 3 is 2.96 bits per heavy atom. The maximum absolute atomic E-state index is 12.8. The first-order valence-corrected chi connectivity index (χ1v) is 8.51. The molecule has 24 heavy (non-hydrogen) atoms. The van der Waals surface area contributed by atoms with E-state index in [2.05, 4.69) is 11.1 Å². The van der Waals surface area contributed by atoms with Crippen LogP contribution in [0, 0.1) is 25.2 Å². The Morgan fingerprint density at radius 2 is 2.21 bits per heavy atom. The van der Waals surface area contributed by atoms with Crippen LogP contribution in [-0.2, 0) is 0 Å². The molecule has 5 nitrogen and oxygen atoms in total. The first-order chi connectivity index (χ1) is 11.5. The molecule has 1 aromatic heterocycles. The Hall–Kier alpha value is -2.49. The number of Topliss-reactive ketones (excluding diaryl/α,β-unsaturated/α-hetero) is 1. The number of thiophene rings is 1. The fraction of sp³-hybridized carbons (Fsp3) is 0.278. The number of carbonyl (C=O) groups is 1. The van der Waals surface area contributed by atoms with E-state index >= 15 is 0 Å². The van der Waals surface area contributed by atoms with Crippen molar-refractivity contribution in [3.8, 4) is 6.07 Å². The molecule has 2 aliphatic heterocycles. The summed E-state index contributed by atoms with van der Waals surface area (Å²) in [5.41, 5.74) is 1.28. The average molecular weight is 337 g/mol. The van der Waals surface area contributed by atoms with Gasteiger partial charge in [-0.05, 0) is 37.6 Å². The molecule has 1 N–H and O–H groups in total. The highest BCUT2D eigenvalue weighted by atomic mass is 32.1. The van der Waals surface area contributed by atoms with Crippen molar-refractivity contribution in [1.82, 2.24) is 0 Å². The van der Waals surface area contributed by atoms with Gasteiger partial charge in [-0.1, -0.05) is 6.07 Å². The number of benzene rings is 1. The summed E-state index contributed by atoms with van der Waals surface area (Å²) < 4.78 is 0. The van der Waals surface area contributed by atoms with Crippen molar-refractivity contribution in [2.75, 3.05) is 11.4 Å². The predicted octanol–water partition coefficient (Wildman–Crippen LogP) is 3.10. The van der Waals surface area contributed by atoms with Crippen molar-refractivity contribution in [3.63, 3.8) is 0 Å². The second kappa shape index (κ2) is 5.00. The largest absolute Gasteiger partial charge is 0.374 e. The molecule has 120 valence electrons. The Morgan fingerprint density at radius 1 is 1.42 bits per heavy atom. The van der Waals surface area contributed by atoms with Gasteiger partial charge in [-0.3, -0.25) is 4.79 Å². The van der Waals surface area contributed by atoms with E-state index in [0.717, 1.165) is 16.1 Å². The number of aliphatic imine (C=N–C) groups is 1. The van der Waals surface area contributed by atoms with E-state index in [-0.39, 0.29) is 5.78 Å². The highest BCUT2D eigenvalue weighted by Crippen LogP contribution is 2.43. The molecular formula is C18H15N3O2S. The van der Waals surface area contributed by atoms with Crippen molar-refractivity contribution < 1.29 is 9.90 Å². The number of rotatable bonds is 1. The summed E-state index contributed by atoms with van der Waals surface area (Å²) in [4.78, 5) is 20.8. The van der Waals surface area contributed by atoms with Crippen LogP contribution in [0.4, 0.5) is 11.4 Å². The Kier molecular flexibility index (Phi) is 3.14. The number of aliphatic hydroxyl groups is 1. The normalized spacial score (nSPS) is 22.0. The molecule has 0 aliphatic carbocycles. The number of ketones is 1. The van der Waals surface area contributed by atoms with E-state index in [1.54, 1.807) is 6.07 Å². The molecule has 0 radical (unpaired) electrons. The fourth-order valence-corrected chi connectivity index (χ4v) is 4.37. The SMILES string of the molecule is Cc1cc2c(s1)C(=O)[C@]1(O)CCN(c3cccc(C#N)c3C)C1=N2. The Bertz CT molecular complexity index is 954. The van der Waals surface area contributed by atoms with Crippen LogP contribution < -0.4 is 4.90 Å². The third-order valence-electron chi connectivity index (χ3n) is 4.68. The molecule has 0 saturated carbocycles. The van der Waals surface area contributed by atoms with Crippen LogP contribution in [0.2, 0.25) is 0 Å². The first kappa shape index (κ1) is 15.1. The maximum atomic E-state index is 12.8. The lowest BCUT2D eigenvalue weighted by atomic mass is 9.92. The van der Waals surface area contributed by atoms with Crippen LogP contribution in [-0.4, -0.2) is 28.9 Å². The minimum Gasteiger partial charge on any atom is -0.374 e. The van der Waals surface area contributed by atoms with Gasteiger partial charge < -0.3 is 10.0 Å². The average Bonchev–Trinajstić information content (AvgIpc) is 3.09. The van der Waals surface area contributed by atoms with E-state index in [9.17, 15) is 15.2 Å². The lowest BCUT2D eigenvalue weighted by Gasteiger charge is -2.29. The van der Waals surface area contributed by atoms with Gasteiger partial charge in [-0.25, -0.2) is 4.99 Å². The molecule has 1 fully saturated rings. The van der Waals surface area contributed by atoms with Crippen molar-refractivity contribution >= 4 is 34.3 Å². The van der Waals surface area contributed by atoms with Gasteiger partial charge in [0.25, 0.3) is 0 Å². The van der Waals surface area contributed by atoms with Crippen LogP contribution in [0.3, 0.4) is 0 Å². The van der Waals surface area contributed by atoms with Crippen LogP contribution in [0.25, 0.3) is 0 Å². The standard InChI is InChI=1S/C18H15N3O2S/c1-10-8-13-15(24-10)16(22)18(23)6-7-21(17(18)20-13)14-5-3-4-12(9-19)11(14)2/h3-5,8,23H,6-7H2,1-2H3/t18-/m1/s1. The molecule has 2 aliphatic rings. The maximum Gasteiger partial charge on any atom is 0.214 e. The smallest absolute Gasteiger partial charge is 0.214 e. The monoisotopic (exact) mass is 337 g/mol. The van der Waals surface area contributed by atoms with Gasteiger partial charge in [0.1, 0.15) is 5.84 Å². The zero-order valence-corrected chi connectivity index (χ0v) is 14.1. The van der Waals surface area contributed by atoms with Gasteiger partial charge in [-0.15, -0.1) is 11.3 Å². The van der Waals surface area contributed by atoms with Gasteiger partial charge in [-0.2, -0.15) is 5.26 Å². The summed E-state index contributed by atoms with van der Waals surface area (Å²) in [7, 11) is 0. The number of hydrogen-bond acceptors (Lipinski definition) is 6. The third kappa shape index (κ3) is 1.89. The number of fused-ring (bicyclic) bond motifs is 2. The van der Waals surface area contributed by atoms with E-state index in [0.29, 0.717) is 34.9 Å². The number of hydrogen-bond donors (Lipinski definition) is 1. The number of amidine groups is 1. The second-order valence-corrected chi connectivity index (χ2v) is 7.42.